The predicted octanol–water partition coefficient (Wildman–Crippen LogP) is 3.13. The first kappa shape index (κ1) is 17.6. The number of hydrogen-bond donors (Lipinski definition) is 1. The molecule has 0 aliphatic heterocycles. The molecule has 1 heterocycles. The number of ether oxygens (including phenoxy) is 2. The lowest BCUT2D eigenvalue weighted by atomic mass is 10.0. The summed E-state index contributed by atoms with van der Waals surface area (Å²) < 4.78 is 12.0. The Kier molecular flexibility index (Phi) is 6.19. The highest BCUT2D eigenvalue weighted by Crippen LogP contribution is 2.35. The van der Waals surface area contributed by atoms with Crippen LogP contribution in [0.1, 0.15) is 37.3 Å². The van der Waals surface area contributed by atoms with Gasteiger partial charge in [0.2, 0.25) is 0 Å². The molecule has 6 nitrogen and oxygen atoms in total. The second-order valence-corrected chi connectivity index (χ2v) is 6.28. The van der Waals surface area contributed by atoms with Gasteiger partial charge in [0.25, 0.3) is 5.91 Å². The number of amides is 1. The van der Waals surface area contributed by atoms with E-state index >= 15 is 0 Å². The molecule has 0 saturated heterocycles. The van der Waals surface area contributed by atoms with Crippen molar-refractivity contribution < 1.29 is 14.3 Å². The number of rotatable bonds is 8. The summed E-state index contributed by atoms with van der Waals surface area (Å²) in [7, 11) is 1.60. The molecule has 0 atom stereocenters. The van der Waals surface area contributed by atoms with Gasteiger partial charge in [0.1, 0.15) is 12.4 Å². The highest BCUT2D eigenvalue weighted by Gasteiger charge is 2.22. The van der Waals surface area contributed by atoms with Gasteiger partial charge in [-0.15, -0.1) is 0 Å². The molecule has 1 aliphatic carbocycles. The molecule has 0 radical (unpaired) electrons. The van der Waals surface area contributed by atoms with Crippen LogP contribution in [0.25, 0.3) is 5.69 Å². The SMILES string of the molecule is COCCOCC(=O)Nc1cc(C2CCCC2)nn1-c1ccccc1. The van der Waals surface area contributed by atoms with Crippen molar-refractivity contribution in [3.63, 3.8) is 0 Å². The lowest BCUT2D eigenvalue weighted by Crippen LogP contribution is -2.21. The van der Waals surface area contributed by atoms with Gasteiger partial charge < -0.3 is 14.8 Å². The first-order valence-corrected chi connectivity index (χ1v) is 8.80. The number of anilines is 1. The molecule has 0 bridgehead atoms. The van der Waals surface area contributed by atoms with Crippen LogP contribution < -0.4 is 5.32 Å². The van der Waals surface area contributed by atoms with E-state index in [9.17, 15) is 4.79 Å². The van der Waals surface area contributed by atoms with Gasteiger partial charge in [-0.1, -0.05) is 31.0 Å². The number of benzene rings is 1. The number of para-hydroxylation sites is 1. The third-order valence-corrected chi connectivity index (χ3v) is 4.43. The number of carbonyl (C=O) groups is 1. The quantitative estimate of drug-likeness (QED) is 0.748. The van der Waals surface area contributed by atoms with Gasteiger partial charge in [0.15, 0.2) is 0 Å². The van der Waals surface area contributed by atoms with Gasteiger partial charge >= 0.3 is 0 Å². The Hall–Kier alpha value is -2.18. The van der Waals surface area contributed by atoms with Crippen LogP contribution in [0, 0.1) is 0 Å². The molecule has 0 spiro atoms. The fourth-order valence-corrected chi connectivity index (χ4v) is 3.16. The van der Waals surface area contributed by atoms with E-state index in [1.54, 1.807) is 11.8 Å². The molecule has 134 valence electrons. The number of carbonyl (C=O) groups excluding carboxylic acids is 1. The Morgan fingerprint density at radius 2 is 2.00 bits per heavy atom. The Bertz CT molecular complexity index is 678. The molecule has 1 saturated carbocycles. The topological polar surface area (TPSA) is 65.4 Å². The summed E-state index contributed by atoms with van der Waals surface area (Å²) in [6, 6.07) is 11.9. The molecule has 0 unspecified atom stereocenters. The molecular weight excluding hydrogens is 318 g/mol. The molecule has 1 amide bonds. The number of nitrogens with zero attached hydrogens (tertiary/aromatic N) is 2. The molecule has 2 aromatic rings. The zero-order valence-corrected chi connectivity index (χ0v) is 14.6. The van der Waals surface area contributed by atoms with Crippen LogP contribution in [0.2, 0.25) is 0 Å². The molecule has 1 aromatic carbocycles. The fourth-order valence-electron chi connectivity index (χ4n) is 3.16. The Balaban J connectivity index is 1.75. The van der Waals surface area contributed by atoms with Crippen molar-refractivity contribution in [1.82, 2.24) is 9.78 Å². The molecular formula is C19H25N3O3. The van der Waals surface area contributed by atoms with Gasteiger partial charge in [-0.25, -0.2) is 4.68 Å². The Morgan fingerprint density at radius 3 is 2.72 bits per heavy atom. The first-order valence-electron chi connectivity index (χ1n) is 8.80. The van der Waals surface area contributed by atoms with Crippen molar-refractivity contribution in [3.05, 3.63) is 42.1 Å². The number of hydrogen-bond acceptors (Lipinski definition) is 4. The standard InChI is InChI=1S/C19H25N3O3/c1-24-11-12-25-14-19(23)20-18-13-17(15-7-5-6-8-15)21-22(18)16-9-3-2-4-10-16/h2-4,9-10,13,15H,5-8,11-12,14H2,1H3,(H,20,23). The maximum absolute atomic E-state index is 12.2. The molecule has 1 aromatic heterocycles. The second-order valence-electron chi connectivity index (χ2n) is 6.28. The Morgan fingerprint density at radius 1 is 1.24 bits per heavy atom. The molecule has 1 N–H and O–H groups in total. The minimum Gasteiger partial charge on any atom is -0.382 e. The van der Waals surface area contributed by atoms with Gasteiger partial charge in [-0.3, -0.25) is 4.79 Å². The maximum Gasteiger partial charge on any atom is 0.251 e. The van der Waals surface area contributed by atoms with E-state index < -0.39 is 0 Å². The average molecular weight is 343 g/mol. The van der Waals surface area contributed by atoms with Crippen molar-refractivity contribution in [2.45, 2.75) is 31.6 Å². The highest BCUT2D eigenvalue weighted by molar-refractivity contribution is 5.91. The van der Waals surface area contributed by atoms with E-state index in [1.807, 2.05) is 36.4 Å². The van der Waals surface area contributed by atoms with Gasteiger partial charge in [0.05, 0.1) is 24.6 Å². The van der Waals surface area contributed by atoms with Gasteiger partial charge in [-0.05, 0) is 25.0 Å². The van der Waals surface area contributed by atoms with E-state index in [2.05, 4.69) is 5.32 Å². The van der Waals surface area contributed by atoms with Crippen molar-refractivity contribution >= 4 is 11.7 Å². The first-order chi connectivity index (χ1) is 12.3. The summed E-state index contributed by atoms with van der Waals surface area (Å²) in [6.45, 7) is 0.873. The average Bonchev–Trinajstić information content (AvgIpc) is 3.29. The van der Waals surface area contributed by atoms with E-state index in [0.717, 1.165) is 11.4 Å². The number of nitrogens with one attached hydrogen (secondary N) is 1. The van der Waals surface area contributed by atoms with Crippen LogP contribution in [0.3, 0.4) is 0 Å². The fraction of sp³-hybridized carbons (Fsp3) is 0.474. The minimum atomic E-state index is -0.189. The van der Waals surface area contributed by atoms with Crippen molar-refractivity contribution in [2.75, 3.05) is 32.2 Å². The van der Waals surface area contributed by atoms with Crippen molar-refractivity contribution in [1.29, 1.82) is 0 Å². The molecule has 25 heavy (non-hydrogen) atoms. The number of aromatic nitrogens is 2. The largest absolute Gasteiger partial charge is 0.382 e. The van der Waals surface area contributed by atoms with E-state index in [0.29, 0.717) is 24.9 Å². The van der Waals surface area contributed by atoms with E-state index in [4.69, 9.17) is 14.6 Å². The van der Waals surface area contributed by atoms with Crippen LogP contribution in [0.15, 0.2) is 36.4 Å². The summed E-state index contributed by atoms with van der Waals surface area (Å²) >= 11 is 0. The van der Waals surface area contributed by atoms with Crippen LogP contribution >= 0.6 is 0 Å². The van der Waals surface area contributed by atoms with Crippen LogP contribution in [0.5, 0.6) is 0 Å². The summed E-state index contributed by atoms with van der Waals surface area (Å²) in [5.41, 5.74) is 1.99. The smallest absolute Gasteiger partial charge is 0.251 e. The van der Waals surface area contributed by atoms with Gasteiger partial charge in [-0.2, -0.15) is 5.10 Å². The monoisotopic (exact) mass is 343 g/mol. The van der Waals surface area contributed by atoms with E-state index in [-0.39, 0.29) is 12.5 Å². The molecule has 1 aliphatic rings. The summed E-state index contributed by atoms with van der Waals surface area (Å²) in [5.74, 6) is 0.984. The van der Waals surface area contributed by atoms with Crippen molar-refractivity contribution in [2.24, 2.45) is 0 Å². The highest BCUT2D eigenvalue weighted by atomic mass is 16.5. The lowest BCUT2D eigenvalue weighted by Gasteiger charge is -2.09. The molecule has 6 heteroatoms. The van der Waals surface area contributed by atoms with Gasteiger partial charge in [0, 0.05) is 19.1 Å². The Labute approximate surface area is 148 Å². The lowest BCUT2D eigenvalue weighted by molar-refractivity contribution is -0.121. The summed E-state index contributed by atoms with van der Waals surface area (Å²) in [5, 5.41) is 7.69. The van der Waals surface area contributed by atoms with E-state index in [1.165, 1.54) is 25.7 Å². The summed E-state index contributed by atoms with van der Waals surface area (Å²) in [6.07, 6.45) is 4.83. The predicted molar refractivity (Wildman–Crippen MR) is 96.1 cm³/mol. The minimum absolute atomic E-state index is 0.00207. The second kappa shape index (κ2) is 8.78. The van der Waals surface area contributed by atoms with Crippen LogP contribution in [-0.2, 0) is 14.3 Å². The van der Waals surface area contributed by atoms with Crippen LogP contribution in [-0.4, -0.2) is 42.6 Å². The zero-order chi connectivity index (χ0) is 17.5. The maximum atomic E-state index is 12.2. The molecule has 3 rings (SSSR count). The molecule has 1 fully saturated rings. The zero-order valence-electron chi connectivity index (χ0n) is 14.6. The van der Waals surface area contributed by atoms with Crippen LogP contribution in [0.4, 0.5) is 5.82 Å². The normalized spacial score (nSPS) is 14.8. The third kappa shape index (κ3) is 4.67. The number of methoxy groups -OCH3 is 1. The third-order valence-electron chi connectivity index (χ3n) is 4.43. The summed E-state index contributed by atoms with van der Waals surface area (Å²) in [4.78, 5) is 12.2. The van der Waals surface area contributed by atoms with Crippen molar-refractivity contribution in [3.8, 4) is 5.69 Å².